The predicted molar refractivity (Wildman–Crippen MR) is 58.1 cm³/mol. The van der Waals surface area contributed by atoms with Gasteiger partial charge in [-0.1, -0.05) is 28.1 Å². The zero-order valence-electron chi connectivity index (χ0n) is 7.82. The molecule has 1 aromatic rings. The number of rotatable bonds is 2. The van der Waals surface area contributed by atoms with Crippen molar-refractivity contribution in [2.24, 2.45) is 0 Å². The number of aliphatic hydroxyl groups excluding tert-OH is 1. The second kappa shape index (κ2) is 4.43. The third-order valence-corrected chi connectivity index (χ3v) is 3.06. The smallest absolute Gasteiger partial charge is 0.105 e. The monoisotopic (exact) mass is 256 g/mol. The Kier molecular flexibility index (Phi) is 3.21. The molecule has 0 spiro atoms. The second-order valence-corrected chi connectivity index (χ2v) is 4.46. The molecule has 1 aromatic carbocycles. The first kappa shape index (κ1) is 10.1. The molecule has 0 aliphatic carbocycles. The average molecular weight is 257 g/mol. The molecule has 2 atom stereocenters. The number of aliphatic hydroxyl groups is 1. The van der Waals surface area contributed by atoms with E-state index in [0.29, 0.717) is 0 Å². The zero-order valence-corrected chi connectivity index (χ0v) is 9.40. The molecule has 0 amide bonds. The molecule has 0 bridgehead atoms. The standard InChI is InChI=1S/C11H13BrO2/c12-9-5-3-8(4-6-9)11(13)10-2-1-7-14-10/h3-6,10-11,13H,1-2,7H2. The molecule has 76 valence electrons. The fourth-order valence-corrected chi connectivity index (χ4v) is 1.99. The molecule has 2 unspecified atom stereocenters. The molecular formula is C11H13BrO2. The van der Waals surface area contributed by atoms with Crippen molar-refractivity contribution in [1.29, 1.82) is 0 Å². The Labute approximate surface area is 92.0 Å². The van der Waals surface area contributed by atoms with Crippen LogP contribution >= 0.6 is 15.9 Å². The fraction of sp³-hybridized carbons (Fsp3) is 0.455. The molecule has 1 fully saturated rings. The highest BCUT2D eigenvalue weighted by Crippen LogP contribution is 2.27. The largest absolute Gasteiger partial charge is 0.386 e. The summed E-state index contributed by atoms with van der Waals surface area (Å²) < 4.78 is 6.47. The van der Waals surface area contributed by atoms with Crippen molar-refractivity contribution >= 4 is 15.9 Å². The quantitative estimate of drug-likeness (QED) is 0.882. The van der Waals surface area contributed by atoms with Crippen LogP contribution in [0.5, 0.6) is 0 Å². The van der Waals surface area contributed by atoms with Crippen molar-refractivity contribution in [3.8, 4) is 0 Å². The second-order valence-electron chi connectivity index (χ2n) is 3.55. The number of hydrogen-bond donors (Lipinski definition) is 1. The Bertz CT molecular complexity index is 291. The van der Waals surface area contributed by atoms with Crippen LogP contribution in [0.1, 0.15) is 24.5 Å². The summed E-state index contributed by atoms with van der Waals surface area (Å²) in [6, 6.07) is 7.73. The van der Waals surface area contributed by atoms with E-state index in [2.05, 4.69) is 15.9 Å². The van der Waals surface area contributed by atoms with Crippen LogP contribution in [-0.2, 0) is 4.74 Å². The molecule has 1 aliphatic heterocycles. The van der Waals surface area contributed by atoms with E-state index in [0.717, 1.165) is 29.5 Å². The zero-order chi connectivity index (χ0) is 9.97. The molecule has 0 saturated carbocycles. The van der Waals surface area contributed by atoms with Crippen molar-refractivity contribution in [1.82, 2.24) is 0 Å². The first-order valence-corrected chi connectivity index (χ1v) is 5.62. The highest BCUT2D eigenvalue weighted by molar-refractivity contribution is 9.10. The van der Waals surface area contributed by atoms with E-state index in [-0.39, 0.29) is 6.10 Å². The van der Waals surface area contributed by atoms with Crippen molar-refractivity contribution in [3.05, 3.63) is 34.3 Å². The van der Waals surface area contributed by atoms with Crippen LogP contribution in [0.25, 0.3) is 0 Å². The Hall–Kier alpha value is -0.380. The molecule has 3 heteroatoms. The van der Waals surface area contributed by atoms with Crippen LogP contribution in [0.2, 0.25) is 0 Å². The van der Waals surface area contributed by atoms with Gasteiger partial charge in [0.15, 0.2) is 0 Å². The average Bonchev–Trinajstić information content (AvgIpc) is 2.71. The molecule has 1 N–H and O–H groups in total. The van der Waals surface area contributed by atoms with Gasteiger partial charge in [0, 0.05) is 11.1 Å². The Morgan fingerprint density at radius 2 is 2.07 bits per heavy atom. The lowest BCUT2D eigenvalue weighted by molar-refractivity contribution is -0.00259. The topological polar surface area (TPSA) is 29.5 Å². The van der Waals surface area contributed by atoms with Crippen LogP contribution in [0, 0.1) is 0 Å². The van der Waals surface area contributed by atoms with Gasteiger partial charge >= 0.3 is 0 Å². The van der Waals surface area contributed by atoms with Gasteiger partial charge in [-0.05, 0) is 30.5 Å². The Balaban J connectivity index is 2.09. The van der Waals surface area contributed by atoms with Crippen LogP contribution < -0.4 is 0 Å². The molecule has 2 rings (SSSR count). The summed E-state index contributed by atoms with van der Waals surface area (Å²) in [6.45, 7) is 0.776. The molecule has 1 saturated heterocycles. The summed E-state index contributed by atoms with van der Waals surface area (Å²) >= 11 is 3.37. The van der Waals surface area contributed by atoms with Gasteiger partial charge in [-0.2, -0.15) is 0 Å². The maximum absolute atomic E-state index is 9.97. The van der Waals surface area contributed by atoms with Gasteiger partial charge in [0.05, 0.1) is 6.10 Å². The van der Waals surface area contributed by atoms with Gasteiger partial charge in [-0.25, -0.2) is 0 Å². The summed E-state index contributed by atoms with van der Waals surface area (Å²) in [5.41, 5.74) is 0.931. The molecule has 1 heterocycles. The summed E-state index contributed by atoms with van der Waals surface area (Å²) in [6.07, 6.45) is 1.51. The normalized spacial score (nSPS) is 23.7. The van der Waals surface area contributed by atoms with Crippen molar-refractivity contribution in [2.45, 2.75) is 25.0 Å². The molecular weight excluding hydrogens is 244 g/mol. The first-order valence-electron chi connectivity index (χ1n) is 4.82. The van der Waals surface area contributed by atoms with Crippen LogP contribution in [0.15, 0.2) is 28.7 Å². The molecule has 14 heavy (non-hydrogen) atoms. The van der Waals surface area contributed by atoms with E-state index in [1.807, 2.05) is 24.3 Å². The maximum Gasteiger partial charge on any atom is 0.105 e. The minimum absolute atomic E-state index is 0.0174. The third kappa shape index (κ3) is 2.16. The number of ether oxygens (including phenoxy) is 1. The predicted octanol–water partition coefficient (Wildman–Crippen LogP) is 2.66. The van der Waals surface area contributed by atoms with E-state index in [1.54, 1.807) is 0 Å². The lowest BCUT2D eigenvalue weighted by Crippen LogP contribution is -2.16. The van der Waals surface area contributed by atoms with E-state index in [9.17, 15) is 5.11 Å². The van der Waals surface area contributed by atoms with Gasteiger partial charge in [0.1, 0.15) is 6.10 Å². The van der Waals surface area contributed by atoms with Crippen molar-refractivity contribution in [3.63, 3.8) is 0 Å². The Morgan fingerprint density at radius 3 is 2.64 bits per heavy atom. The van der Waals surface area contributed by atoms with Crippen molar-refractivity contribution < 1.29 is 9.84 Å². The van der Waals surface area contributed by atoms with Crippen molar-refractivity contribution in [2.75, 3.05) is 6.61 Å². The van der Waals surface area contributed by atoms with Gasteiger partial charge in [-0.3, -0.25) is 0 Å². The molecule has 1 aliphatic rings. The molecule has 0 radical (unpaired) electrons. The summed E-state index contributed by atoms with van der Waals surface area (Å²) in [4.78, 5) is 0. The van der Waals surface area contributed by atoms with Crippen LogP contribution in [0.3, 0.4) is 0 Å². The van der Waals surface area contributed by atoms with Crippen LogP contribution in [0.4, 0.5) is 0 Å². The number of benzene rings is 1. The minimum atomic E-state index is -0.481. The molecule has 2 nitrogen and oxygen atoms in total. The van der Waals surface area contributed by atoms with Gasteiger partial charge in [0.25, 0.3) is 0 Å². The lowest BCUT2D eigenvalue weighted by atomic mass is 10.0. The number of halogens is 1. The molecule has 0 aromatic heterocycles. The summed E-state index contributed by atoms with van der Waals surface area (Å²) in [7, 11) is 0. The van der Waals surface area contributed by atoms with E-state index in [4.69, 9.17) is 4.74 Å². The summed E-state index contributed by atoms with van der Waals surface area (Å²) in [5.74, 6) is 0. The minimum Gasteiger partial charge on any atom is -0.386 e. The van der Waals surface area contributed by atoms with E-state index >= 15 is 0 Å². The van der Waals surface area contributed by atoms with Gasteiger partial charge in [-0.15, -0.1) is 0 Å². The van der Waals surface area contributed by atoms with Gasteiger partial charge in [0.2, 0.25) is 0 Å². The van der Waals surface area contributed by atoms with E-state index < -0.39 is 6.10 Å². The highest BCUT2D eigenvalue weighted by Gasteiger charge is 2.24. The van der Waals surface area contributed by atoms with E-state index in [1.165, 1.54) is 0 Å². The Morgan fingerprint density at radius 1 is 1.36 bits per heavy atom. The van der Waals surface area contributed by atoms with Gasteiger partial charge < -0.3 is 9.84 Å². The fourth-order valence-electron chi connectivity index (χ4n) is 1.73. The third-order valence-electron chi connectivity index (χ3n) is 2.53. The summed E-state index contributed by atoms with van der Waals surface area (Å²) in [5, 5.41) is 9.97. The highest BCUT2D eigenvalue weighted by atomic mass is 79.9. The first-order chi connectivity index (χ1) is 6.77. The number of hydrogen-bond acceptors (Lipinski definition) is 2. The SMILES string of the molecule is OC(c1ccc(Br)cc1)C1CCCO1. The van der Waals surface area contributed by atoms with Crippen LogP contribution in [-0.4, -0.2) is 17.8 Å². The lowest BCUT2D eigenvalue weighted by Gasteiger charge is -2.17. The maximum atomic E-state index is 9.97.